The van der Waals surface area contributed by atoms with Crippen LogP contribution in [-0.2, 0) is 13.5 Å². The highest BCUT2D eigenvalue weighted by molar-refractivity contribution is 14.1. The number of hydrogen-bond donors (Lipinski definition) is 0. The van der Waals surface area contributed by atoms with Gasteiger partial charge in [-0.2, -0.15) is 5.10 Å². The number of fused-ring (bicyclic) bond motifs is 1. The second-order valence-corrected chi connectivity index (χ2v) is 4.57. The van der Waals surface area contributed by atoms with Gasteiger partial charge in [0.25, 0.3) is 0 Å². The Labute approximate surface area is 80.1 Å². The van der Waals surface area contributed by atoms with E-state index in [1.165, 1.54) is 30.5 Å². The molecule has 0 spiro atoms. The first-order chi connectivity index (χ1) is 5.27. The second kappa shape index (κ2) is 2.77. The lowest BCUT2D eigenvalue weighted by Crippen LogP contribution is -2.02. The van der Waals surface area contributed by atoms with Crippen molar-refractivity contribution in [1.29, 1.82) is 0 Å². The summed E-state index contributed by atoms with van der Waals surface area (Å²) in [5, 5.41) is 4.41. The van der Waals surface area contributed by atoms with Crippen molar-refractivity contribution < 1.29 is 0 Å². The van der Waals surface area contributed by atoms with Gasteiger partial charge in [0.1, 0.15) is 0 Å². The molecule has 1 aliphatic rings. The SMILES string of the molecule is Cn1cc2c(n1)CCCC2I. The van der Waals surface area contributed by atoms with Crippen molar-refractivity contribution in [2.45, 2.75) is 23.2 Å². The van der Waals surface area contributed by atoms with Crippen LogP contribution in [0.15, 0.2) is 6.20 Å². The Kier molecular flexibility index (Phi) is 1.91. The van der Waals surface area contributed by atoms with E-state index in [2.05, 4.69) is 33.9 Å². The number of halogens is 1. The van der Waals surface area contributed by atoms with Gasteiger partial charge in [-0.3, -0.25) is 4.68 Å². The first-order valence-corrected chi connectivity index (χ1v) is 5.18. The third-order valence-electron chi connectivity index (χ3n) is 2.15. The van der Waals surface area contributed by atoms with Gasteiger partial charge in [-0.1, -0.05) is 22.6 Å². The van der Waals surface area contributed by atoms with Crippen molar-refractivity contribution in [3.63, 3.8) is 0 Å². The fourth-order valence-electron chi connectivity index (χ4n) is 1.61. The van der Waals surface area contributed by atoms with E-state index >= 15 is 0 Å². The maximum absolute atomic E-state index is 4.41. The summed E-state index contributed by atoms with van der Waals surface area (Å²) in [6, 6.07) is 0. The summed E-state index contributed by atoms with van der Waals surface area (Å²) in [7, 11) is 2.00. The van der Waals surface area contributed by atoms with Gasteiger partial charge in [0.15, 0.2) is 0 Å². The molecule has 2 rings (SSSR count). The monoisotopic (exact) mass is 262 g/mol. The van der Waals surface area contributed by atoms with Crippen LogP contribution in [-0.4, -0.2) is 9.78 Å². The lowest BCUT2D eigenvalue weighted by molar-refractivity contribution is 0.666. The fourth-order valence-corrected chi connectivity index (χ4v) is 2.57. The summed E-state index contributed by atoms with van der Waals surface area (Å²) in [6.45, 7) is 0. The molecule has 1 aromatic heterocycles. The van der Waals surface area contributed by atoms with E-state index in [4.69, 9.17) is 0 Å². The molecule has 60 valence electrons. The van der Waals surface area contributed by atoms with Crippen LogP contribution < -0.4 is 0 Å². The van der Waals surface area contributed by atoms with Crippen LogP contribution in [0.5, 0.6) is 0 Å². The number of rotatable bonds is 0. The lowest BCUT2D eigenvalue weighted by Gasteiger charge is -2.14. The third-order valence-corrected chi connectivity index (χ3v) is 3.44. The normalized spacial score (nSPS) is 23.3. The minimum absolute atomic E-state index is 0.699. The highest BCUT2D eigenvalue weighted by Crippen LogP contribution is 2.35. The molecule has 0 N–H and O–H groups in total. The van der Waals surface area contributed by atoms with Crippen molar-refractivity contribution in [3.05, 3.63) is 17.5 Å². The molecule has 11 heavy (non-hydrogen) atoms. The van der Waals surface area contributed by atoms with E-state index < -0.39 is 0 Å². The smallest absolute Gasteiger partial charge is 0.0667 e. The maximum atomic E-state index is 4.41. The number of alkyl halides is 1. The predicted molar refractivity (Wildman–Crippen MR) is 52.9 cm³/mol. The Morgan fingerprint density at radius 1 is 1.73 bits per heavy atom. The zero-order chi connectivity index (χ0) is 7.84. The highest BCUT2D eigenvalue weighted by Gasteiger charge is 2.19. The maximum Gasteiger partial charge on any atom is 0.0667 e. The summed E-state index contributed by atoms with van der Waals surface area (Å²) >= 11 is 2.51. The number of aromatic nitrogens is 2. The van der Waals surface area contributed by atoms with Crippen molar-refractivity contribution in [2.75, 3.05) is 0 Å². The fraction of sp³-hybridized carbons (Fsp3) is 0.625. The minimum Gasteiger partial charge on any atom is -0.275 e. The summed E-state index contributed by atoms with van der Waals surface area (Å²) in [6.07, 6.45) is 5.96. The van der Waals surface area contributed by atoms with Gasteiger partial charge in [-0.25, -0.2) is 0 Å². The van der Waals surface area contributed by atoms with Crippen molar-refractivity contribution in [1.82, 2.24) is 9.78 Å². The summed E-state index contributed by atoms with van der Waals surface area (Å²) in [5.74, 6) is 0. The molecule has 3 heteroatoms. The summed E-state index contributed by atoms with van der Waals surface area (Å²) in [5.41, 5.74) is 2.78. The third kappa shape index (κ3) is 1.30. The molecule has 1 atom stereocenters. The average molecular weight is 262 g/mol. The Morgan fingerprint density at radius 3 is 3.27 bits per heavy atom. The number of aryl methyl sites for hydroxylation is 2. The van der Waals surface area contributed by atoms with Crippen LogP contribution in [0.2, 0.25) is 0 Å². The van der Waals surface area contributed by atoms with Crippen LogP contribution in [0.3, 0.4) is 0 Å². The zero-order valence-corrected chi connectivity index (χ0v) is 8.71. The number of nitrogens with zero attached hydrogens (tertiary/aromatic N) is 2. The van der Waals surface area contributed by atoms with Crippen molar-refractivity contribution in [2.24, 2.45) is 7.05 Å². The lowest BCUT2D eigenvalue weighted by atomic mass is 9.99. The Bertz CT molecular complexity index is 267. The summed E-state index contributed by atoms with van der Waals surface area (Å²) < 4.78 is 2.63. The average Bonchev–Trinajstić information content (AvgIpc) is 2.31. The molecule has 0 aromatic carbocycles. The molecule has 0 bridgehead atoms. The van der Waals surface area contributed by atoms with E-state index in [9.17, 15) is 0 Å². The van der Waals surface area contributed by atoms with E-state index in [0.29, 0.717) is 3.92 Å². The second-order valence-electron chi connectivity index (χ2n) is 3.06. The van der Waals surface area contributed by atoms with Crippen LogP contribution in [0.1, 0.15) is 28.0 Å². The topological polar surface area (TPSA) is 17.8 Å². The van der Waals surface area contributed by atoms with Gasteiger partial charge in [0.2, 0.25) is 0 Å². The van der Waals surface area contributed by atoms with Gasteiger partial charge in [0, 0.05) is 22.7 Å². The summed E-state index contributed by atoms with van der Waals surface area (Å²) in [4.78, 5) is 0. The van der Waals surface area contributed by atoms with Gasteiger partial charge in [-0.15, -0.1) is 0 Å². The molecule has 1 heterocycles. The van der Waals surface area contributed by atoms with Crippen molar-refractivity contribution >= 4 is 22.6 Å². The van der Waals surface area contributed by atoms with Crippen LogP contribution in [0.4, 0.5) is 0 Å². The highest BCUT2D eigenvalue weighted by atomic mass is 127. The Morgan fingerprint density at radius 2 is 2.55 bits per heavy atom. The first kappa shape index (κ1) is 7.58. The molecule has 1 aliphatic carbocycles. The van der Waals surface area contributed by atoms with Crippen LogP contribution in [0, 0.1) is 0 Å². The first-order valence-electron chi connectivity index (χ1n) is 3.94. The molecule has 0 radical (unpaired) electrons. The quantitative estimate of drug-likeness (QED) is 0.518. The molecule has 0 fully saturated rings. The Balaban J connectivity index is 2.43. The Hall–Kier alpha value is -0.0600. The van der Waals surface area contributed by atoms with E-state index in [0.717, 1.165) is 0 Å². The molecular formula is C8H11IN2. The minimum atomic E-state index is 0.699. The van der Waals surface area contributed by atoms with E-state index in [1.54, 1.807) is 0 Å². The van der Waals surface area contributed by atoms with Gasteiger partial charge >= 0.3 is 0 Å². The molecule has 0 aliphatic heterocycles. The van der Waals surface area contributed by atoms with Gasteiger partial charge in [-0.05, 0) is 19.3 Å². The van der Waals surface area contributed by atoms with Crippen molar-refractivity contribution in [3.8, 4) is 0 Å². The zero-order valence-electron chi connectivity index (χ0n) is 6.55. The molecule has 1 aromatic rings. The van der Waals surface area contributed by atoms with Crippen LogP contribution >= 0.6 is 22.6 Å². The van der Waals surface area contributed by atoms with Crippen LogP contribution in [0.25, 0.3) is 0 Å². The largest absolute Gasteiger partial charge is 0.275 e. The van der Waals surface area contributed by atoms with E-state index in [1.807, 2.05) is 11.7 Å². The molecule has 1 unspecified atom stereocenters. The number of hydrogen-bond acceptors (Lipinski definition) is 1. The molecular weight excluding hydrogens is 251 g/mol. The van der Waals surface area contributed by atoms with Gasteiger partial charge in [0.05, 0.1) is 5.69 Å². The molecule has 0 amide bonds. The predicted octanol–water partition coefficient (Wildman–Crippen LogP) is 2.23. The molecule has 0 saturated heterocycles. The molecule has 0 saturated carbocycles. The molecule has 2 nitrogen and oxygen atoms in total. The standard InChI is InChI=1S/C8H11IN2/c1-11-5-6-7(9)3-2-4-8(6)10-11/h5,7H,2-4H2,1H3. The van der Waals surface area contributed by atoms with E-state index in [-0.39, 0.29) is 0 Å². The van der Waals surface area contributed by atoms with Gasteiger partial charge < -0.3 is 0 Å².